The van der Waals surface area contributed by atoms with E-state index in [1.54, 1.807) is 12.3 Å². The smallest absolute Gasteiger partial charge is 0.240 e. The molecule has 1 N–H and O–H groups in total. The molecule has 4 nitrogen and oxygen atoms in total. The van der Waals surface area contributed by atoms with Gasteiger partial charge in [-0.3, -0.25) is 0 Å². The first-order valence-corrected chi connectivity index (χ1v) is 6.82. The van der Waals surface area contributed by atoms with Crippen molar-refractivity contribution in [1.82, 2.24) is 4.72 Å². The predicted molar refractivity (Wildman–Crippen MR) is 64.0 cm³/mol. The normalized spacial score (nSPS) is 11.6. The van der Waals surface area contributed by atoms with Gasteiger partial charge in [-0.1, -0.05) is 6.07 Å². The van der Waals surface area contributed by atoms with Crippen molar-refractivity contribution in [2.24, 2.45) is 0 Å². The highest BCUT2D eigenvalue weighted by molar-refractivity contribution is 7.89. The molecule has 0 amide bonds. The maximum atomic E-state index is 12.9. The lowest BCUT2D eigenvalue weighted by atomic mass is 10.2. The van der Waals surface area contributed by atoms with Gasteiger partial charge in [0.1, 0.15) is 5.82 Å². The maximum absolute atomic E-state index is 12.9. The number of benzene rings is 1. The molecule has 2 aromatic rings. The third-order valence-electron chi connectivity index (χ3n) is 2.39. The average molecular weight is 269 g/mol. The van der Waals surface area contributed by atoms with Crippen molar-refractivity contribution < 1.29 is 17.2 Å². The van der Waals surface area contributed by atoms with E-state index >= 15 is 0 Å². The third-order valence-corrected chi connectivity index (χ3v) is 3.85. The fourth-order valence-electron chi connectivity index (χ4n) is 1.48. The molecule has 0 atom stereocenters. The summed E-state index contributed by atoms with van der Waals surface area (Å²) in [6.45, 7) is 0.235. The molecule has 0 saturated heterocycles. The molecule has 0 spiro atoms. The van der Waals surface area contributed by atoms with Crippen LogP contribution in [0.2, 0.25) is 0 Å². The van der Waals surface area contributed by atoms with Crippen LogP contribution in [0.5, 0.6) is 0 Å². The Kier molecular flexibility index (Phi) is 3.78. The van der Waals surface area contributed by atoms with E-state index in [-0.39, 0.29) is 11.4 Å². The van der Waals surface area contributed by atoms with Crippen LogP contribution in [0.15, 0.2) is 52.2 Å². The number of halogens is 1. The van der Waals surface area contributed by atoms with Crippen LogP contribution in [0.3, 0.4) is 0 Å². The molecule has 18 heavy (non-hydrogen) atoms. The zero-order valence-electron chi connectivity index (χ0n) is 9.47. The molecule has 0 saturated carbocycles. The molecule has 0 aliphatic rings. The summed E-state index contributed by atoms with van der Waals surface area (Å²) in [7, 11) is -3.66. The zero-order chi connectivity index (χ0) is 13.0. The molecular formula is C12H12FNO3S. The Balaban J connectivity index is 1.99. The summed E-state index contributed by atoms with van der Waals surface area (Å²) in [5.74, 6) is -0.576. The standard InChI is InChI=1S/C12H12FNO3S/c13-11-2-1-3-12(8-11)18(15,16)14-6-4-10-5-7-17-9-10/h1-3,5,7-9,14H,4,6H2. The Hall–Kier alpha value is -1.66. The molecule has 0 unspecified atom stereocenters. The molecule has 0 aliphatic carbocycles. The molecule has 0 bridgehead atoms. The zero-order valence-corrected chi connectivity index (χ0v) is 10.3. The number of hydrogen-bond donors (Lipinski definition) is 1. The van der Waals surface area contributed by atoms with E-state index in [1.165, 1.54) is 24.5 Å². The van der Waals surface area contributed by atoms with Gasteiger partial charge in [0.15, 0.2) is 0 Å². The van der Waals surface area contributed by atoms with E-state index in [9.17, 15) is 12.8 Å². The quantitative estimate of drug-likeness (QED) is 0.902. The Morgan fingerprint density at radius 3 is 2.78 bits per heavy atom. The molecule has 1 heterocycles. The first kappa shape index (κ1) is 12.8. The van der Waals surface area contributed by atoms with Crippen LogP contribution in [0.25, 0.3) is 0 Å². The molecule has 1 aromatic heterocycles. The number of hydrogen-bond acceptors (Lipinski definition) is 3. The van der Waals surface area contributed by atoms with Crippen molar-refractivity contribution in [2.75, 3.05) is 6.54 Å². The van der Waals surface area contributed by atoms with Crippen LogP contribution >= 0.6 is 0 Å². The SMILES string of the molecule is O=S(=O)(NCCc1ccoc1)c1cccc(F)c1. The number of rotatable bonds is 5. The van der Waals surface area contributed by atoms with Crippen molar-refractivity contribution in [2.45, 2.75) is 11.3 Å². The van der Waals surface area contributed by atoms with E-state index in [2.05, 4.69) is 4.72 Å². The average Bonchev–Trinajstić information content (AvgIpc) is 2.82. The molecule has 2 rings (SSSR count). The third kappa shape index (κ3) is 3.18. The molecule has 0 aliphatic heterocycles. The summed E-state index contributed by atoms with van der Waals surface area (Å²) in [5.41, 5.74) is 0.900. The molecule has 6 heteroatoms. The van der Waals surface area contributed by atoms with Crippen molar-refractivity contribution in [1.29, 1.82) is 0 Å². The van der Waals surface area contributed by atoms with E-state index in [0.717, 1.165) is 11.6 Å². The fraction of sp³-hybridized carbons (Fsp3) is 0.167. The van der Waals surface area contributed by atoms with Crippen LogP contribution in [-0.2, 0) is 16.4 Å². The number of sulfonamides is 1. The summed E-state index contributed by atoms with van der Waals surface area (Å²) in [5, 5.41) is 0. The van der Waals surface area contributed by atoms with Gasteiger partial charge in [0.25, 0.3) is 0 Å². The second kappa shape index (κ2) is 5.32. The lowest BCUT2D eigenvalue weighted by Crippen LogP contribution is -2.26. The maximum Gasteiger partial charge on any atom is 0.240 e. The first-order valence-electron chi connectivity index (χ1n) is 5.34. The van der Waals surface area contributed by atoms with E-state index < -0.39 is 15.8 Å². The van der Waals surface area contributed by atoms with Gasteiger partial charge in [-0.15, -0.1) is 0 Å². The Morgan fingerprint density at radius 2 is 2.11 bits per heavy atom. The highest BCUT2D eigenvalue weighted by atomic mass is 32.2. The van der Waals surface area contributed by atoms with Crippen molar-refractivity contribution in [3.05, 3.63) is 54.2 Å². The van der Waals surface area contributed by atoms with Gasteiger partial charge in [-0.05, 0) is 36.2 Å². The highest BCUT2D eigenvalue weighted by Gasteiger charge is 2.13. The number of nitrogens with one attached hydrogen (secondary N) is 1. The molecule has 1 aromatic carbocycles. The van der Waals surface area contributed by atoms with Crippen molar-refractivity contribution in [3.63, 3.8) is 0 Å². The predicted octanol–water partition coefficient (Wildman–Crippen LogP) is 1.94. The van der Waals surface area contributed by atoms with Crippen molar-refractivity contribution >= 4 is 10.0 Å². The minimum absolute atomic E-state index is 0.0744. The van der Waals surface area contributed by atoms with Gasteiger partial charge in [-0.2, -0.15) is 0 Å². The summed E-state index contributed by atoms with van der Waals surface area (Å²) in [6, 6.07) is 6.66. The largest absolute Gasteiger partial charge is 0.472 e. The van der Waals surface area contributed by atoms with Crippen LogP contribution in [-0.4, -0.2) is 15.0 Å². The van der Waals surface area contributed by atoms with Crippen LogP contribution in [0.4, 0.5) is 4.39 Å². The summed E-state index contributed by atoms with van der Waals surface area (Å²) in [4.78, 5) is -0.0744. The van der Waals surface area contributed by atoms with E-state index in [1.807, 2.05) is 0 Å². The van der Waals surface area contributed by atoms with Crippen molar-refractivity contribution in [3.8, 4) is 0 Å². The minimum atomic E-state index is -3.66. The lowest BCUT2D eigenvalue weighted by Gasteiger charge is -2.05. The Labute approximate surface area is 104 Å². The summed E-state index contributed by atoms with van der Waals surface area (Å²) in [6.07, 6.45) is 3.60. The molecule has 0 fully saturated rings. The van der Waals surface area contributed by atoms with Crippen LogP contribution in [0, 0.1) is 5.82 Å². The topological polar surface area (TPSA) is 59.3 Å². The van der Waals surface area contributed by atoms with Gasteiger partial charge in [0.2, 0.25) is 10.0 Å². The molecule has 0 radical (unpaired) electrons. The minimum Gasteiger partial charge on any atom is -0.472 e. The van der Waals surface area contributed by atoms with Crippen LogP contribution in [0.1, 0.15) is 5.56 Å². The first-order chi connectivity index (χ1) is 8.58. The van der Waals surface area contributed by atoms with Gasteiger partial charge in [-0.25, -0.2) is 17.5 Å². The second-order valence-electron chi connectivity index (χ2n) is 3.74. The van der Waals surface area contributed by atoms with Gasteiger partial charge in [0.05, 0.1) is 17.4 Å². The van der Waals surface area contributed by atoms with Gasteiger partial charge < -0.3 is 4.42 Å². The van der Waals surface area contributed by atoms with Crippen LogP contribution < -0.4 is 4.72 Å². The molecular weight excluding hydrogens is 257 g/mol. The van der Waals surface area contributed by atoms with Gasteiger partial charge >= 0.3 is 0 Å². The summed E-state index contributed by atoms with van der Waals surface area (Å²) >= 11 is 0. The lowest BCUT2D eigenvalue weighted by molar-refractivity contribution is 0.562. The molecule has 96 valence electrons. The fourth-order valence-corrected chi connectivity index (χ4v) is 2.55. The Morgan fingerprint density at radius 1 is 1.28 bits per heavy atom. The van der Waals surface area contributed by atoms with E-state index in [4.69, 9.17) is 4.42 Å². The second-order valence-corrected chi connectivity index (χ2v) is 5.50. The van der Waals surface area contributed by atoms with E-state index in [0.29, 0.717) is 6.42 Å². The monoisotopic (exact) mass is 269 g/mol. The summed E-state index contributed by atoms with van der Waals surface area (Å²) < 4.78 is 43.8. The Bertz CT molecular complexity index is 608. The highest BCUT2D eigenvalue weighted by Crippen LogP contribution is 2.10. The van der Waals surface area contributed by atoms with Gasteiger partial charge in [0, 0.05) is 6.54 Å². The number of furan rings is 1.